The van der Waals surface area contributed by atoms with Crippen LogP contribution in [0.5, 0.6) is 0 Å². The van der Waals surface area contributed by atoms with Crippen molar-refractivity contribution in [1.29, 1.82) is 0 Å². The van der Waals surface area contributed by atoms with Crippen LogP contribution in [0.1, 0.15) is 40.5 Å². The summed E-state index contributed by atoms with van der Waals surface area (Å²) in [7, 11) is 0. The van der Waals surface area contributed by atoms with Gasteiger partial charge in [0.2, 0.25) is 5.95 Å². The van der Waals surface area contributed by atoms with Crippen LogP contribution in [0.3, 0.4) is 0 Å². The molecule has 0 bridgehead atoms. The number of nitrogens with one attached hydrogen (secondary N) is 1. The van der Waals surface area contributed by atoms with Crippen molar-refractivity contribution in [2.45, 2.75) is 33.2 Å². The van der Waals surface area contributed by atoms with Gasteiger partial charge in [0.05, 0.1) is 18.9 Å². The molecular weight excluding hydrogens is 402 g/mol. The second-order valence-corrected chi connectivity index (χ2v) is 7.90. The van der Waals surface area contributed by atoms with Gasteiger partial charge in [-0.2, -0.15) is 0 Å². The van der Waals surface area contributed by atoms with Gasteiger partial charge in [0, 0.05) is 48.8 Å². The van der Waals surface area contributed by atoms with E-state index < -0.39 is 0 Å². The van der Waals surface area contributed by atoms with Crippen LogP contribution in [0.15, 0.2) is 48.8 Å². The van der Waals surface area contributed by atoms with Gasteiger partial charge in [-0.3, -0.25) is 9.78 Å². The van der Waals surface area contributed by atoms with Crippen molar-refractivity contribution >= 4 is 11.9 Å². The van der Waals surface area contributed by atoms with Gasteiger partial charge in [0.1, 0.15) is 0 Å². The summed E-state index contributed by atoms with van der Waals surface area (Å²) >= 11 is 0. The van der Waals surface area contributed by atoms with E-state index in [9.17, 15) is 4.79 Å². The van der Waals surface area contributed by atoms with Crippen molar-refractivity contribution < 1.29 is 9.53 Å². The standard InChI is InChI=1S/C25H29N5O2/c1-3-5-22-18(2)28-25(30-12-14-32-15-13-30)29-23(22)20-6-4-7-21(16-20)24(31)27-17-19-8-10-26-11-9-19/h4,6-11,16H,3,5,12-15,17H2,1-2H3,(H,27,31). The van der Waals surface area contributed by atoms with E-state index in [0.29, 0.717) is 25.3 Å². The lowest BCUT2D eigenvalue weighted by atomic mass is 9.99. The molecule has 1 amide bonds. The fraction of sp³-hybridized carbons (Fsp3) is 0.360. The zero-order valence-electron chi connectivity index (χ0n) is 18.7. The molecule has 4 rings (SSSR count). The summed E-state index contributed by atoms with van der Waals surface area (Å²) in [6.07, 6.45) is 5.34. The Bertz CT molecular complexity index is 1070. The van der Waals surface area contributed by atoms with E-state index in [4.69, 9.17) is 14.7 Å². The molecule has 0 saturated carbocycles. The number of hydrogen-bond acceptors (Lipinski definition) is 6. The number of benzene rings is 1. The number of amides is 1. The highest BCUT2D eigenvalue weighted by Crippen LogP contribution is 2.28. The molecule has 7 nitrogen and oxygen atoms in total. The van der Waals surface area contributed by atoms with Crippen LogP contribution >= 0.6 is 0 Å². The third-order valence-corrected chi connectivity index (χ3v) is 5.60. The average molecular weight is 432 g/mol. The lowest BCUT2D eigenvalue weighted by Crippen LogP contribution is -2.37. The van der Waals surface area contributed by atoms with Gasteiger partial charge >= 0.3 is 0 Å². The minimum atomic E-state index is -0.111. The van der Waals surface area contributed by atoms with Crippen LogP contribution in [0.25, 0.3) is 11.3 Å². The summed E-state index contributed by atoms with van der Waals surface area (Å²) in [4.78, 5) is 28.7. The molecule has 0 aliphatic carbocycles. The number of carbonyl (C=O) groups excluding carboxylic acids is 1. The van der Waals surface area contributed by atoms with E-state index in [1.54, 1.807) is 12.4 Å². The molecular formula is C25H29N5O2. The Morgan fingerprint density at radius 1 is 1.12 bits per heavy atom. The fourth-order valence-electron chi connectivity index (χ4n) is 3.87. The lowest BCUT2D eigenvalue weighted by Gasteiger charge is -2.28. The molecule has 166 valence electrons. The number of ether oxygens (including phenoxy) is 1. The Kier molecular flexibility index (Phi) is 7.07. The van der Waals surface area contributed by atoms with Crippen molar-refractivity contribution in [2.75, 3.05) is 31.2 Å². The number of rotatable bonds is 7. The number of anilines is 1. The number of aromatic nitrogens is 3. The Labute approximate surface area is 188 Å². The predicted molar refractivity (Wildman–Crippen MR) is 125 cm³/mol. The van der Waals surface area contributed by atoms with Crippen LogP contribution in [0, 0.1) is 6.92 Å². The largest absolute Gasteiger partial charge is 0.378 e. The van der Waals surface area contributed by atoms with Crippen molar-refractivity contribution in [3.05, 3.63) is 71.2 Å². The number of morpholine rings is 1. The monoisotopic (exact) mass is 431 g/mol. The normalized spacial score (nSPS) is 13.8. The smallest absolute Gasteiger partial charge is 0.251 e. The van der Waals surface area contributed by atoms with Crippen LogP contribution in [-0.2, 0) is 17.7 Å². The van der Waals surface area contributed by atoms with Gasteiger partial charge in [-0.05, 0) is 48.7 Å². The summed E-state index contributed by atoms with van der Waals surface area (Å²) in [6.45, 7) is 7.59. The maximum Gasteiger partial charge on any atom is 0.251 e. The second kappa shape index (κ2) is 10.3. The molecule has 0 radical (unpaired) electrons. The molecule has 0 spiro atoms. The van der Waals surface area contributed by atoms with Gasteiger partial charge in [-0.15, -0.1) is 0 Å². The second-order valence-electron chi connectivity index (χ2n) is 7.90. The van der Waals surface area contributed by atoms with Crippen LogP contribution in [0.4, 0.5) is 5.95 Å². The Morgan fingerprint density at radius 3 is 2.66 bits per heavy atom. The molecule has 1 aliphatic rings. The Morgan fingerprint density at radius 2 is 1.91 bits per heavy atom. The highest BCUT2D eigenvalue weighted by molar-refractivity contribution is 5.95. The third-order valence-electron chi connectivity index (χ3n) is 5.60. The maximum atomic E-state index is 12.8. The highest BCUT2D eigenvalue weighted by Gasteiger charge is 2.19. The van der Waals surface area contributed by atoms with E-state index in [-0.39, 0.29) is 5.91 Å². The highest BCUT2D eigenvalue weighted by atomic mass is 16.5. The molecule has 1 aromatic carbocycles. The maximum absolute atomic E-state index is 12.8. The summed E-state index contributed by atoms with van der Waals surface area (Å²) < 4.78 is 5.48. The quantitative estimate of drug-likeness (QED) is 0.616. The first kappa shape index (κ1) is 21.9. The minimum absolute atomic E-state index is 0.111. The molecule has 2 aromatic heterocycles. The summed E-state index contributed by atoms with van der Waals surface area (Å²) in [5.41, 5.74) is 5.60. The molecule has 1 N–H and O–H groups in total. The number of nitrogens with zero attached hydrogens (tertiary/aromatic N) is 4. The number of hydrogen-bond donors (Lipinski definition) is 1. The molecule has 0 atom stereocenters. The first-order valence-corrected chi connectivity index (χ1v) is 11.1. The van der Waals surface area contributed by atoms with Gasteiger partial charge in [0.15, 0.2) is 0 Å². The summed E-state index contributed by atoms with van der Waals surface area (Å²) in [6, 6.07) is 11.5. The molecule has 0 unspecified atom stereocenters. The van der Waals surface area contributed by atoms with Gasteiger partial charge in [-0.1, -0.05) is 25.5 Å². The first-order valence-electron chi connectivity index (χ1n) is 11.1. The molecule has 3 heterocycles. The van der Waals surface area contributed by atoms with Crippen molar-refractivity contribution in [3.8, 4) is 11.3 Å². The van der Waals surface area contributed by atoms with Gasteiger partial charge in [-0.25, -0.2) is 9.97 Å². The zero-order chi connectivity index (χ0) is 22.3. The predicted octanol–water partition coefficient (Wildman–Crippen LogP) is 3.57. The SMILES string of the molecule is CCCc1c(C)nc(N2CCOCC2)nc1-c1cccc(C(=O)NCc2ccncc2)c1. The molecule has 3 aromatic rings. The molecule has 1 fully saturated rings. The number of aryl methyl sites for hydroxylation is 1. The van der Waals surface area contributed by atoms with E-state index in [1.807, 2.05) is 43.3 Å². The zero-order valence-corrected chi connectivity index (χ0v) is 18.7. The van der Waals surface area contributed by atoms with Crippen molar-refractivity contribution in [2.24, 2.45) is 0 Å². The summed E-state index contributed by atoms with van der Waals surface area (Å²) in [5, 5.41) is 2.99. The molecule has 1 saturated heterocycles. The molecule has 32 heavy (non-hydrogen) atoms. The van der Waals surface area contributed by atoms with Crippen molar-refractivity contribution in [3.63, 3.8) is 0 Å². The molecule has 7 heteroatoms. The summed E-state index contributed by atoms with van der Waals surface area (Å²) in [5.74, 6) is 0.619. The van der Waals surface area contributed by atoms with Crippen LogP contribution in [-0.4, -0.2) is 47.2 Å². The fourth-order valence-corrected chi connectivity index (χ4v) is 3.87. The van der Waals surface area contributed by atoms with E-state index >= 15 is 0 Å². The topological polar surface area (TPSA) is 80.2 Å². The Hall–Kier alpha value is -3.32. The van der Waals surface area contributed by atoms with E-state index in [1.165, 1.54) is 0 Å². The number of pyridine rings is 1. The lowest BCUT2D eigenvalue weighted by molar-refractivity contribution is 0.0951. The van der Waals surface area contributed by atoms with Crippen molar-refractivity contribution in [1.82, 2.24) is 20.3 Å². The third kappa shape index (κ3) is 5.11. The van der Waals surface area contributed by atoms with E-state index in [0.717, 1.165) is 60.0 Å². The van der Waals surface area contributed by atoms with E-state index in [2.05, 4.69) is 22.1 Å². The van der Waals surface area contributed by atoms with Crippen LogP contribution in [0.2, 0.25) is 0 Å². The number of carbonyl (C=O) groups is 1. The first-order chi connectivity index (χ1) is 15.7. The Balaban J connectivity index is 1.63. The average Bonchev–Trinajstić information content (AvgIpc) is 2.85. The van der Waals surface area contributed by atoms with Gasteiger partial charge in [0.25, 0.3) is 5.91 Å². The van der Waals surface area contributed by atoms with Crippen LogP contribution < -0.4 is 10.2 Å². The minimum Gasteiger partial charge on any atom is -0.378 e. The van der Waals surface area contributed by atoms with Gasteiger partial charge < -0.3 is 15.0 Å². The molecule has 1 aliphatic heterocycles.